The fourth-order valence-electron chi connectivity index (χ4n) is 6.32. The van der Waals surface area contributed by atoms with Crippen molar-refractivity contribution in [3.63, 3.8) is 0 Å². The van der Waals surface area contributed by atoms with Gasteiger partial charge in [0.25, 0.3) is 0 Å². The minimum atomic E-state index is -0.874. The first-order chi connectivity index (χ1) is 24.6. The average molecular weight is 725 g/mol. The van der Waals surface area contributed by atoms with Gasteiger partial charge in [0.1, 0.15) is 6.61 Å². The third kappa shape index (κ3) is 33.6. The summed E-state index contributed by atoms with van der Waals surface area (Å²) in [5, 5.41) is 9.60. The van der Waals surface area contributed by atoms with Gasteiger partial charge in [-0.15, -0.1) is 0 Å². The third-order valence-electron chi connectivity index (χ3n) is 9.66. The van der Waals surface area contributed by atoms with Crippen LogP contribution in [0.2, 0.25) is 0 Å². The summed E-state index contributed by atoms with van der Waals surface area (Å²) in [6.07, 6.45) is 35.3. The molecule has 0 saturated heterocycles. The van der Waals surface area contributed by atoms with E-state index in [9.17, 15) is 19.5 Å². The Morgan fingerprint density at radius 2 is 0.980 bits per heavy atom. The maximum Gasteiger partial charge on any atom is 0.362 e. The van der Waals surface area contributed by atoms with Gasteiger partial charge in [-0.25, -0.2) is 4.79 Å². The molecule has 0 aromatic carbocycles. The standard InChI is InChI=1S/C43H81NO7/c1-6-8-10-12-14-16-18-20-21-22-24-26-28-30-32-34-42(46)51-39(37-49-36-35-40(43(47)48)44(3,4)5)38-50-41(45)33-31-29-27-25-23-19-17-15-13-11-9-7-2/h20-21,39-40H,6-19,22-38H2,1-5H3/p+1/b21-20-. The van der Waals surface area contributed by atoms with Crippen molar-refractivity contribution in [2.45, 2.75) is 206 Å². The predicted molar refractivity (Wildman–Crippen MR) is 211 cm³/mol. The Bertz CT molecular complexity index is 854. The first-order valence-corrected chi connectivity index (χ1v) is 21.2. The number of hydrogen-bond donors (Lipinski definition) is 1. The maximum absolute atomic E-state index is 12.7. The zero-order valence-corrected chi connectivity index (χ0v) is 34.1. The Kier molecular flexibility index (Phi) is 33.8. The number of allylic oxidation sites excluding steroid dienone is 2. The summed E-state index contributed by atoms with van der Waals surface area (Å²) in [5.74, 6) is -1.47. The van der Waals surface area contributed by atoms with Gasteiger partial charge in [0.05, 0.1) is 34.4 Å². The molecule has 8 nitrogen and oxygen atoms in total. The fraction of sp³-hybridized carbons (Fsp3) is 0.884. The molecule has 51 heavy (non-hydrogen) atoms. The molecule has 0 saturated carbocycles. The van der Waals surface area contributed by atoms with Crippen molar-refractivity contribution in [1.29, 1.82) is 0 Å². The van der Waals surface area contributed by atoms with E-state index in [1.165, 1.54) is 109 Å². The molecule has 0 aliphatic heterocycles. The number of rotatable bonds is 38. The van der Waals surface area contributed by atoms with Gasteiger partial charge in [-0.1, -0.05) is 148 Å². The minimum absolute atomic E-state index is 0.0487. The van der Waals surface area contributed by atoms with Crippen LogP contribution >= 0.6 is 0 Å². The van der Waals surface area contributed by atoms with E-state index in [0.29, 0.717) is 19.3 Å². The first kappa shape index (κ1) is 49.1. The summed E-state index contributed by atoms with van der Waals surface area (Å²) in [6.45, 7) is 4.73. The molecular formula is C43H82NO7+. The van der Waals surface area contributed by atoms with Crippen LogP contribution in [-0.2, 0) is 28.6 Å². The Labute approximate surface area is 314 Å². The third-order valence-corrected chi connectivity index (χ3v) is 9.66. The lowest BCUT2D eigenvalue weighted by Gasteiger charge is -2.31. The monoisotopic (exact) mass is 725 g/mol. The normalized spacial score (nSPS) is 13.0. The van der Waals surface area contributed by atoms with Crippen LogP contribution in [0, 0.1) is 0 Å². The van der Waals surface area contributed by atoms with Crippen LogP contribution in [0.15, 0.2) is 12.2 Å². The van der Waals surface area contributed by atoms with Crippen molar-refractivity contribution in [3.8, 4) is 0 Å². The highest BCUT2D eigenvalue weighted by Crippen LogP contribution is 2.14. The lowest BCUT2D eigenvalue weighted by molar-refractivity contribution is -0.887. The van der Waals surface area contributed by atoms with Gasteiger partial charge in [-0.3, -0.25) is 9.59 Å². The molecule has 0 heterocycles. The summed E-state index contributed by atoms with van der Waals surface area (Å²) in [7, 11) is 5.52. The van der Waals surface area contributed by atoms with E-state index in [2.05, 4.69) is 26.0 Å². The topological polar surface area (TPSA) is 99.1 Å². The predicted octanol–water partition coefficient (Wildman–Crippen LogP) is 11.1. The molecule has 0 aromatic rings. The van der Waals surface area contributed by atoms with Gasteiger partial charge in [0.2, 0.25) is 0 Å². The molecule has 0 fully saturated rings. The number of likely N-dealkylation sites (N-methyl/N-ethyl adjacent to an activating group) is 1. The Balaban J connectivity index is 4.36. The van der Waals surface area contributed by atoms with Crippen LogP contribution in [0.5, 0.6) is 0 Å². The highest BCUT2D eigenvalue weighted by atomic mass is 16.6. The second kappa shape index (κ2) is 35.1. The molecule has 2 atom stereocenters. The molecular weight excluding hydrogens is 642 g/mol. The molecule has 0 spiro atoms. The molecule has 0 aliphatic carbocycles. The van der Waals surface area contributed by atoms with Crippen molar-refractivity contribution in [3.05, 3.63) is 12.2 Å². The minimum Gasteiger partial charge on any atom is -0.477 e. The molecule has 8 heteroatoms. The van der Waals surface area contributed by atoms with E-state index in [-0.39, 0.29) is 36.2 Å². The van der Waals surface area contributed by atoms with Gasteiger partial charge in [-0.05, 0) is 38.5 Å². The van der Waals surface area contributed by atoms with Crippen LogP contribution in [0.4, 0.5) is 0 Å². The van der Waals surface area contributed by atoms with E-state index < -0.39 is 18.1 Å². The van der Waals surface area contributed by atoms with Gasteiger partial charge in [0.15, 0.2) is 12.1 Å². The number of hydrogen-bond acceptors (Lipinski definition) is 6. The summed E-state index contributed by atoms with van der Waals surface area (Å²) in [6, 6.07) is -0.611. The van der Waals surface area contributed by atoms with E-state index in [0.717, 1.165) is 51.4 Å². The van der Waals surface area contributed by atoms with Gasteiger partial charge < -0.3 is 23.8 Å². The fourth-order valence-corrected chi connectivity index (χ4v) is 6.32. The number of carboxylic acids is 1. The second-order valence-corrected chi connectivity index (χ2v) is 15.6. The first-order valence-electron chi connectivity index (χ1n) is 21.2. The zero-order chi connectivity index (χ0) is 37.8. The largest absolute Gasteiger partial charge is 0.477 e. The Morgan fingerprint density at radius 1 is 0.569 bits per heavy atom. The number of esters is 2. The second-order valence-electron chi connectivity index (χ2n) is 15.6. The smallest absolute Gasteiger partial charge is 0.362 e. The number of aliphatic carboxylic acids is 1. The highest BCUT2D eigenvalue weighted by molar-refractivity contribution is 5.72. The summed E-state index contributed by atoms with van der Waals surface area (Å²) in [5.41, 5.74) is 0. The molecule has 300 valence electrons. The SMILES string of the molecule is CCCCCCCC/C=C\CCCCCCCC(=O)OC(COCCC(C(=O)O)[N+](C)(C)C)COC(=O)CCCCCCCCCCCCCC. The number of carbonyl (C=O) groups is 3. The van der Waals surface area contributed by atoms with Crippen LogP contribution < -0.4 is 0 Å². The number of nitrogens with zero attached hydrogens (tertiary/aromatic N) is 1. The number of carboxylic acid groups (broad SMARTS) is 1. The molecule has 2 unspecified atom stereocenters. The summed E-state index contributed by atoms with van der Waals surface area (Å²) < 4.78 is 17.2. The van der Waals surface area contributed by atoms with Crippen LogP contribution in [-0.4, -0.2) is 80.6 Å². The van der Waals surface area contributed by atoms with Gasteiger partial charge >= 0.3 is 17.9 Å². The van der Waals surface area contributed by atoms with Crippen molar-refractivity contribution in [2.24, 2.45) is 0 Å². The molecule has 0 amide bonds. The average Bonchev–Trinajstić information content (AvgIpc) is 3.08. The van der Waals surface area contributed by atoms with Crippen molar-refractivity contribution < 1.29 is 38.2 Å². The van der Waals surface area contributed by atoms with E-state index in [1.54, 1.807) is 0 Å². The van der Waals surface area contributed by atoms with Crippen molar-refractivity contribution >= 4 is 17.9 Å². The number of quaternary nitrogens is 1. The molecule has 0 rings (SSSR count). The number of carbonyl (C=O) groups excluding carboxylic acids is 2. The van der Waals surface area contributed by atoms with Gasteiger partial charge in [0, 0.05) is 19.3 Å². The Morgan fingerprint density at radius 3 is 1.41 bits per heavy atom. The quantitative estimate of drug-likeness (QED) is 0.0293. The van der Waals surface area contributed by atoms with Crippen LogP contribution in [0.3, 0.4) is 0 Å². The van der Waals surface area contributed by atoms with Crippen molar-refractivity contribution in [2.75, 3.05) is 41.0 Å². The van der Waals surface area contributed by atoms with E-state index >= 15 is 0 Å². The maximum atomic E-state index is 12.7. The molecule has 0 aromatic heterocycles. The number of unbranched alkanes of at least 4 members (excludes halogenated alkanes) is 22. The van der Waals surface area contributed by atoms with E-state index in [1.807, 2.05) is 21.1 Å². The number of ether oxygens (including phenoxy) is 3. The van der Waals surface area contributed by atoms with Gasteiger partial charge in [-0.2, -0.15) is 0 Å². The molecule has 0 bridgehead atoms. The lowest BCUT2D eigenvalue weighted by Crippen LogP contribution is -2.50. The van der Waals surface area contributed by atoms with Crippen LogP contribution in [0.25, 0.3) is 0 Å². The highest BCUT2D eigenvalue weighted by Gasteiger charge is 2.31. The zero-order valence-electron chi connectivity index (χ0n) is 34.1. The summed E-state index contributed by atoms with van der Waals surface area (Å²) in [4.78, 5) is 36.9. The molecule has 0 aliphatic rings. The molecule has 0 radical (unpaired) electrons. The van der Waals surface area contributed by atoms with E-state index in [4.69, 9.17) is 14.2 Å². The summed E-state index contributed by atoms with van der Waals surface area (Å²) >= 11 is 0. The lowest BCUT2D eigenvalue weighted by atomic mass is 10.0. The van der Waals surface area contributed by atoms with Crippen molar-refractivity contribution in [1.82, 2.24) is 0 Å². The molecule has 1 N–H and O–H groups in total. The van der Waals surface area contributed by atoms with Crippen LogP contribution in [0.1, 0.15) is 194 Å². The Hall–Kier alpha value is -1.93.